The number of hydrogen-bond donors (Lipinski definition) is 3. The summed E-state index contributed by atoms with van der Waals surface area (Å²) in [4.78, 5) is 12.6. The molecule has 7 nitrogen and oxygen atoms in total. The number of benzene rings is 1. The standard InChI is InChI=1S/C11H18O7SSi/c1-17-9-18-10-3-5-11(6-4-10)19(12,13)7-2-8-20(14,15)16/h3-6,14-16H,2,7-9H2,1H3/i14T,15T,16T. The van der Waals surface area contributed by atoms with Crippen LogP contribution in [0.1, 0.15) is 6.42 Å². The van der Waals surface area contributed by atoms with Gasteiger partial charge in [-0.1, -0.05) is 0 Å². The van der Waals surface area contributed by atoms with Gasteiger partial charge < -0.3 is 23.9 Å². The van der Waals surface area contributed by atoms with Gasteiger partial charge in [-0.25, -0.2) is 8.42 Å². The third-order valence-corrected chi connectivity index (χ3v) is 5.20. The van der Waals surface area contributed by atoms with Crippen molar-refractivity contribution in [1.82, 2.24) is 0 Å². The normalized spacial score (nSPS) is 14.3. The summed E-state index contributed by atoms with van der Waals surface area (Å²) in [5, 5.41) is 0. The average molecular weight is 328 g/mol. The minimum atomic E-state index is -3.74. The lowest BCUT2D eigenvalue weighted by atomic mass is 10.3. The van der Waals surface area contributed by atoms with Crippen molar-refractivity contribution in [1.29, 1.82) is 4.29 Å². The molecular formula is C11H18O7SSi. The van der Waals surface area contributed by atoms with Crippen molar-refractivity contribution in [3.8, 4) is 5.75 Å². The lowest BCUT2D eigenvalue weighted by molar-refractivity contribution is 0.0511. The Kier molecular flexibility index (Phi) is 4.56. The third kappa shape index (κ3) is 5.99. The smallest absolute Gasteiger partial charge is 0.468 e. The van der Waals surface area contributed by atoms with Crippen LogP contribution in [-0.2, 0) is 14.6 Å². The minimum absolute atomic E-state index is 0.0348. The van der Waals surface area contributed by atoms with Crippen molar-refractivity contribution in [2.45, 2.75) is 17.4 Å². The minimum Gasteiger partial charge on any atom is -0.468 e. The number of ether oxygens (including phenoxy) is 2. The average Bonchev–Trinajstić information content (AvgIpc) is 2.57. The van der Waals surface area contributed by atoms with Crippen LogP contribution >= 0.6 is 0 Å². The maximum absolute atomic E-state index is 12.2. The SMILES string of the molecule is [3H]O[Si](CCCS(=O)(=O)c1ccc(OCOC)cc1)(O[3H])O[3H]. The molecule has 20 heavy (non-hydrogen) atoms. The molecule has 114 valence electrons. The van der Waals surface area contributed by atoms with Crippen molar-refractivity contribution in [2.75, 3.05) is 19.7 Å². The fourth-order valence-electron chi connectivity index (χ4n) is 1.47. The van der Waals surface area contributed by atoms with Crippen LogP contribution in [-0.4, -0.2) is 55.6 Å². The molecule has 0 saturated carbocycles. The van der Waals surface area contributed by atoms with E-state index in [1.165, 1.54) is 31.4 Å². The maximum Gasteiger partial charge on any atom is 0.492 e. The largest absolute Gasteiger partial charge is 0.492 e. The zero-order valence-corrected chi connectivity index (χ0v) is 12.7. The van der Waals surface area contributed by atoms with Crippen molar-refractivity contribution in [2.24, 2.45) is 0 Å². The lowest BCUT2D eigenvalue weighted by Crippen LogP contribution is -2.34. The molecule has 0 aliphatic heterocycles. The Morgan fingerprint density at radius 1 is 1.25 bits per heavy atom. The van der Waals surface area contributed by atoms with E-state index in [-0.39, 0.29) is 29.9 Å². The molecule has 1 aromatic rings. The Hall–Kier alpha value is -0.973. The van der Waals surface area contributed by atoms with E-state index in [2.05, 4.69) is 14.4 Å². The van der Waals surface area contributed by atoms with E-state index in [1.807, 2.05) is 0 Å². The summed E-state index contributed by atoms with van der Waals surface area (Å²) >= 11 is 0. The highest BCUT2D eigenvalue weighted by molar-refractivity contribution is 7.91. The van der Waals surface area contributed by atoms with Crippen LogP contribution in [0.25, 0.3) is 0 Å². The molecule has 0 spiro atoms. The fourth-order valence-corrected chi connectivity index (χ4v) is 3.64. The second-order valence-corrected chi connectivity index (χ2v) is 8.10. The van der Waals surface area contributed by atoms with Crippen molar-refractivity contribution >= 4 is 18.6 Å². The first kappa shape index (κ1) is 12.7. The lowest BCUT2D eigenvalue weighted by Gasteiger charge is -2.10. The zero-order valence-electron chi connectivity index (χ0n) is 13.9. The monoisotopic (exact) mass is 328 g/mol. The summed E-state index contributed by atoms with van der Waals surface area (Å²) in [6.45, 7) is 0.0617. The molecule has 0 fully saturated rings. The molecule has 0 amide bonds. The van der Waals surface area contributed by atoms with Crippen molar-refractivity contribution in [3.63, 3.8) is 0 Å². The van der Waals surface area contributed by atoms with Crippen LogP contribution < -0.4 is 4.74 Å². The molecule has 1 rings (SSSR count). The molecule has 0 atom stereocenters. The highest BCUT2D eigenvalue weighted by Crippen LogP contribution is 2.18. The fraction of sp³-hybridized carbons (Fsp3) is 0.455. The summed E-state index contributed by atoms with van der Waals surface area (Å²) in [5.41, 5.74) is 0. The van der Waals surface area contributed by atoms with Crippen LogP contribution in [0, 0.1) is 0 Å². The van der Waals surface area contributed by atoms with Gasteiger partial charge in [0.1, 0.15) is 5.75 Å². The third-order valence-electron chi connectivity index (χ3n) is 2.42. The van der Waals surface area contributed by atoms with Crippen LogP contribution in [0.4, 0.5) is 0 Å². The molecule has 0 unspecified atom stereocenters. The van der Waals surface area contributed by atoms with E-state index in [1.54, 1.807) is 0 Å². The van der Waals surface area contributed by atoms with Gasteiger partial charge in [-0.2, -0.15) is 0 Å². The molecule has 0 bridgehead atoms. The van der Waals surface area contributed by atoms with E-state index in [0.717, 1.165) is 0 Å². The molecule has 0 aliphatic rings. The van der Waals surface area contributed by atoms with Crippen LogP contribution in [0.5, 0.6) is 5.75 Å². The summed E-state index contributed by atoms with van der Waals surface area (Å²) in [5.74, 6) is 0.223. The van der Waals surface area contributed by atoms with Crippen LogP contribution in [0.2, 0.25) is 6.04 Å². The number of hydrogen-bond acceptors (Lipinski definition) is 7. The van der Waals surface area contributed by atoms with Crippen LogP contribution in [0.3, 0.4) is 0 Å². The molecule has 0 aliphatic carbocycles. The first-order valence-electron chi connectivity index (χ1n) is 7.03. The van der Waals surface area contributed by atoms with Gasteiger partial charge in [0.2, 0.25) is 0 Å². The van der Waals surface area contributed by atoms with E-state index in [0.29, 0.717) is 5.75 Å². The van der Waals surface area contributed by atoms with E-state index in [9.17, 15) is 8.42 Å². The Morgan fingerprint density at radius 2 is 1.90 bits per heavy atom. The van der Waals surface area contributed by atoms with Gasteiger partial charge in [0.25, 0.3) is 0 Å². The Labute approximate surface area is 123 Å². The predicted octanol–water partition coefficient (Wildman–Crippen LogP) is -0.251. The second-order valence-electron chi connectivity index (χ2n) is 4.13. The highest BCUT2D eigenvalue weighted by atomic mass is 32.2. The summed E-state index contributed by atoms with van der Waals surface area (Å²) in [6.07, 6.45) is 0.0348. The predicted molar refractivity (Wildman–Crippen MR) is 72.8 cm³/mol. The molecule has 0 aromatic heterocycles. The van der Waals surface area contributed by atoms with Gasteiger partial charge in [-0.3, -0.25) is 0 Å². The Morgan fingerprint density at radius 3 is 2.45 bits per heavy atom. The van der Waals surface area contributed by atoms with E-state index >= 15 is 0 Å². The highest BCUT2D eigenvalue weighted by Gasteiger charge is 2.27. The summed E-state index contributed by atoms with van der Waals surface area (Å²) in [7, 11) is -5.82. The molecular weight excluding hydrogens is 304 g/mol. The topological polar surface area (TPSA) is 113 Å². The first-order chi connectivity index (χ1) is 10.9. The van der Waals surface area contributed by atoms with E-state index in [4.69, 9.17) is 13.8 Å². The molecule has 0 radical (unpaired) electrons. The zero-order chi connectivity index (χ0) is 17.3. The molecule has 0 heterocycles. The van der Waals surface area contributed by atoms with Gasteiger partial charge >= 0.3 is 8.80 Å². The molecule has 0 saturated heterocycles. The Balaban J connectivity index is 2.65. The van der Waals surface area contributed by atoms with Crippen molar-refractivity contribution in [3.05, 3.63) is 24.3 Å². The van der Waals surface area contributed by atoms with Crippen molar-refractivity contribution < 1.29 is 32.3 Å². The Bertz CT molecular complexity index is 557. The van der Waals surface area contributed by atoms with Crippen LogP contribution in [0.15, 0.2) is 29.2 Å². The van der Waals surface area contributed by atoms with Gasteiger partial charge in [0.05, 0.1) is 10.6 Å². The number of methoxy groups -OCH3 is 1. The van der Waals surface area contributed by atoms with E-state index < -0.39 is 18.6 Å². The quantitative estimate of drug-likeness (QED) is 0.379. The van der Waals surface area contributed by atoms with Gasteiger partial charge in [-0.05, 0) is 30.7 Å². The summed E-state index contributed by atoms with van der Waals surface area (Å²) in [6, 6.07) is 5.72. The number of sulfone groups is 1. The van der Waals surface area contributed by atoms with Gasteiger partial charge in [0, 0.05) is 13.2 Å². The molecule has 9 heteroatoms. The molecule has 1 aromatic carbocycles. The van der Waals surface area contributed by atoms with Gasteiger partial charge in [0.15, 0.2) is 20.9 Å². The maximum atomic E-state index is 12.2. The summed E-state index contributed by atoms with van der Waals surface area (Å²) < 4.78 is 54.7. The first-order valence-corrected chi connectivity index (χ1v) is 9.39. The second kappa shape index (κ2) is 7.15. The number of rotatable bonds is 11. The van der Waals surface area contributed by atoms with Gasteiger partial charge in [-0.15, -0.1) is 0 Å². The molecule has 3 N–H and O–H groups in total.